The second kappa shape index (κ2) is 8.08. The van der Waals surface area contributed by atoms with Gasteiger partial charge in [0.15, 0.2) is 5.88 Å². The molecule has 1 unspecified atom stereocenters. The fraction of sp³-hybridized carbons (Fsp3) is 0.190. The van der Waals surface area contributed by atoms with Crippen molar-refractivity contribution in [3.8, 4) is 5.88 Å². The first-order valence-electron chi connectivity index (χ1n) is 9.38. The molecule has 0 spiro atoms. The second-order valence-corrected chi connectivity index (χ2v) is 7.44. The molecule has 2 heterocycles. The third-order valence-corrected chi connectivity index (χ3v) is 5.33. The van der Waals surface area contributed by atoms with Crippen molar-refractivity contribution in [2.24, 2.45) is 0 Å². The summed E-state index contributed by atoms with van der Waals surface area (Å²) in [6.07, 6.45) is 2.23. The molecule has 4 rings (SSSR count). The lowest BCUT2D eigenvalue weighted by molar-refractivity contribution is -0.135. The van der Waals surface area contributed by atoms with Crippen LogP contribution in [0.4, 0.5) is 10.5 Å². The number of hydrogen-bond donors (Lipinski definition) is 4. The van der Waals surface area contributed by atoms with Crippen molar-refractivity contribution in [3.63, 3.8) is 0 Å². The Kier molecular flexibility index (Phi) is 5.33. The number of imide groups is 1. The lowest BCUT2D eigenvalue weighted by atomic mass is 10.1. The zero-order valence-electron chi connectivity index (χ0n) is 15.8. The number of nitrogens with zero attached hydrogens (tertiary/aromatic N) is 1. The van der Waals surface area contributed by atoms with Gasteiger partial charge < -0.3 is 20.3 Å². The number of rotatable bonds is 4. The number of aromatic nitrogens is 1. The van der Waals surface area contributed by atoms with Crippen LogP contribution in [0, 0.1) is 0 Å². The fourth-order valence-electron chi connectivity index (χ4n) is 3.48. The highest BCUT2D eigenvalue weighted by atomic mass is 35.5. The van der Waals surface area contributed by atoms with Gasteiger partial charge >= 0.3 is 6.03 Å². The fourth-order valence-corrected chi connectivity index (χ4v) is 3.66. The van der Waals surface area contributed by atoms with Crippen molar-refractivity contribution < 1.29 is 19.5 Å². The maximum atomic E-state index is 12.1. The Labute approximate surface area is 176 Å². The van der Waals surface area contributed by atoms with Crippen molar-refractivity contribution in [2.75, 3.05) is 5.32 Å². The number of amides is 4. The van der Waals surface area contributed by atoms with E-state index in [0.29, 0.717) is 22.5 Å². The van der Waals surface area contributed by atoms with Gasteiger partial charge in [0, 0.05) is 29.9 Å². The number of piperidine rings is 1. The first-order chi connectivity index (χ1) is 14.4. The Hall–Kier alpha value is -3.52. The number of carbonyl (C=O) groups is 3. The third-order valence-electron chi connectivity index (χ3n) is 5.00. The van der Waals surface area contributed by atoms with Gasteiger partial charge in [0.05, 0.1) is 10.7 Å². The van der Waals surface area contributed by atoms with Crippen molar-refractivity contribution in [3.05, 3.63) is 59.2 Å². The summed E-state index contributed by atoms with van der Waals surface area (Å²) >= 11 is 6.03. The number of carbonyl (C=O) groups excluding carboxylic acids is 3. The van der Waals surface area contributed by atoms with E-state index < -0.39 is 18.0 Å². The minimum atomic E-state index is -0.641. The van der Waals surface area contributed by atoms with Crippen molar-refractivity contribution in [2.45, 2.75) is 25.4 Å². The monoisotopic (exact) mass is 426 g/mol. The van der Waals surface area contributed by atoms with Gasteiger partial charge in [-0.15, -0.1) is 0 Å². The van der Waals surface area contributed by atoms with E-state index in [1.165, 1.54) is 4.57 Å². The molecule has 154 valence electrons. The molecule has 2 aromatic carbocycles. The Bertz CT molecular complexity index is 1160. The average Bonchev–Trinajstić information content (AvgIpc) is 3.04. The molecule has 1 aromatic heterocycles. The first kappa shape index (κ1) is 19.8. The van der Waals surface area contributed by atoms with Crippen molar-refractivity contribution in [1.29, 1.82) is 0 Å². The molecule has 0 bridgehead atoms. The Morgan fingerprint density at radius 3 is 2.80 bits per heavy atom. The van der Waals surface area contributed by atoms with Crippen LogP contribution in [0.15, 0.2) is 48.7 Å². The third kappa shape index (κ3) is 3.95. The smallest absolute Gasteiger partial charge is 0.319 e. The number of para-hydroxylation sites is 1. The van der Waals surface area contributed by atoms with E-state index in [1.807, 2.05) is 6.07 Å². The van der Waals surface area contributed by atoms with Crippen LogP contribution in [-0.2, 0) is 16.1 Å². The number of benzene rings is 2. The molecule has 4 N–H and O–H groups in total. The number of urea groups is 1. The van der Waals surface area contributed by atoms with Crippen LogP contribution in [0.1, 0.15) is 24.4 Å². The van der Waals surface area contributed by atoms with Crippen LogP contribution in [0.25, 0.3) is 10.8 Å². The normalized spacial score (nSPS) is 16.4. The second-order valence-electron chi connectivity index (χ2n) is 7.04. The lowest BCUT2D eigenvalue weighted by Crippen LogP contribution is -2.41. The minimum absolute atomic E-state index is 0.0320. The summed E-state index contributed by atoms with van der Waals surface area (Å²) in [5, 5.41) is 20.0. The Morgan fingerprint density at radius 1 is 1.23 bits per heavy atom. The molecular weight excluding hydrogens is 408 g/mol. The van der Waals surface area contributed by atoms with E-state index in [2.05, 4.69) is 16.0 Å². The van der Waals surface area contributed by atoms with Crippen LogP contribution in [0.5, 0.6) is 5.88 Å². The Balaban J connectivity index is 1.47. The number of hydrogen-bond acceptors (Lipinski definition) is 4. The van der Waals surface area contributed by atoms with Crippen LogP contribution in [0.2, 0.25) is 5.02 Å². The molecule has 30 heavy (non-hydrogen) atoms. The predicted molar refractivity (Wildman–Crippen MR) is 112 cm³/mol. The molecule has 0 aliphatic carbocycles. The highest BCUT2D eigenvalue weighted by Crippen LogP contribution is 2.33. The first-order valence-corrected chi connectivity index (χ1v) is 9.75. The lowest BCUT2D eigenvalue weighted by Gasteiger charge is -2.22. The molecular formula is C21H19ClN4O4. The average molecular weight is 427 g/mol. The van der Waals surface area contributed by atoms with Crippen molar-refractivity contribution in [1.82, 2.24) is 15.2 Å². The van der Waals surface area contributed by atoms with Gasteiger partial charge in [-0.05, 0) is 36.2 Å². The zero-order valence-corrected chi connectivity index (χ0v) is 16.6. The summed E-state index contributed by atoms with van der Waals surface area (Å²) in [6, 6.07) is 11.2. The van der Waals surface area contributed by atoms with Gasteiger partial charge in [0.25, 0.3) is 0 Å². The molecule has 0 radical (unpaired) electrons. The largest absolute Gasteiger partial charge is 0.494 e. The van der Waals surface area contributed by atoms with Gasteiger partial charge in [0.1, 0.15) is 6.04 Å². The highest BCUT2D eigenvalue weighted by molar-refractivity contribution is 6.33. The Morgan fingerprint density at radius 2 is 2.03 bits per heavy atom. The summed E-state index contributed by atoms with van der Waals surface area (Å²) in [4.78, 5) is 35.6. The summed E-state index contributed by atoms with van der Waals surface area (Å²) < 4.78 is 1.48. The minimum Gasteiger partial charge on any atom is -0.494 e. The molecule has 1 aliphatic rings. The zero-order chi connectivity index (χ0) is 21.3. The van der Waals surface area contributed by atoms with E-state index in [4.69, 9.17) is 11.6 Å². The van der Waals surface area contributed by atoms with Gasteiger partial charge in [-0.3, -0.25) is 14.9 Å². The number of anilines is 1. The molecule has 0 saturated carbocycles. The van der Waals surface area contributed by atoms with E-state index in [0.717, 1.165) is 10.9 Å². The van der Waals surface area contributed by atoms with Gasteiger partial charge in [0.2, 0.25) is 11.8 Å². The molecule has 3 aromatic rings. The van der Waals surface area contributed by atoms with Gasteiger partial charge in [-0.2, -0.15) is 0 Å². The van der Waals surface area contributed by atoms with E-state index in [-0.39, 0.29) is 24.8 Å². The predicted octanol–water partition coefficient (Wildman–Crippen LogP) is 3.30. The topological polar surface area (TPSA) is 112 Å². The highest BCUT2D eigenvalue weighted by Gasteiger charge is 2.30. The molecule has 1 aliphatic heterocycles. The molecule has 8 nitrogen and oxygen atoms in total. The van der Waals surface area contributed by atoms with Crippen molar-refractivity contribution >= 4 is 45.9 Å². The number of fused-ring (bicyclic) bond motifs is 1. The SMILES string of the molecule is O=C1CCC(n2cc3cc(CNC(=O)Nc4ccccc4Cl)ccc3c2O)C(=O)N1. The molecule has 1 fully saturated rings. The molecule has 1 atom stereocenters. The number of aromatic hydroxyl groups is 1. The quantitative estimate of drug-likeness (QED) is 0.479. The standard InChI is InChI=1S/C21H19ClN4O4/c22-15-3-1-2-4-16(15)24-21(30)23-10-12-5-6-14-13(9-12)11-26(20(14)29)17-7-8-18(27)25-19(17)28/h1-6,9,11,17,29H,7-8,10H2,(H2,23,24,30)(H,25,27,28). The molecule has 9 heteroatoms. The summed E-state index contributed by atoms with van der Waals surface area (Å²) in [7, 11) is 0. The van der Waals surface area contributed by atoms with E-state index >= 15 is 0 Å². The van der Waals surface area contributed by atoms with Crippen LogP contribution < -0.4 is 16.0 Å². The van der Waals surface area contributed by atoms with Crippen LogP contribution >= 0.6 is 11.6 Å². The molecule has 1 saturated heterocycles. The molecule has 4 amide bonds. The van der Waals surface area contributed by atoms with Gasteiger partial charge in [-0.1, -0.05) is 29.8 Å². The number of nitrogens with one attached hydrogen (secondary N) is 3. The van der Waals surface area contributed by atoms with E-state index in [1.54, 1.807) is 42.6 Å². The summed E-state index contributed by atoms with van der Waals surface area (Å²) in [5.41, 5.74) is 1.33. The van der Waals surface area contributed by atoms with Crippen LogP contribution in [-0.4, -0.2) is 27.5 Å². The summed E-state index contributed by atoms with van der Waals surface area (Å²) in [5.74, 6) is -0.772. The number of halogens is 1. The van der Waals surface area contributed by atoms with Gasteiger partial charge in [-0.25, -0.2) is 4.79 Å². The van der Waals surface area contributed by atoms with E-state index in [9.17, 15) is 19.5 Å². The maximum absolute atomic E-state index is 12.1. The van der Waals surface area contributed by atoms with Crippen LogP contribution in [0.3, 0.4) is 0 Å². The maximum Gasteiger partial charge on any atom is 0.319 e. The summed E-state index contributed by atoms with van der Waals surface area (Å²) in [6.45, 7) is 0.261.